The molecule has 1 aliphatic heterocycles. The molecule has 11 heteroatoms. The Hall–Kier alpha value is -3.89. The largest absolute Gasteiger partial charge is 0.476 e. The highest BCUT2D eigenvalue weighted by Gasteiger charge is 2.30. The highest BCUT2D eigenvalue weighted by Crippen LogP contribution is 2.20. The van der Waals surface area contributed by atoms with Crippen LogP contribution in [0.5, 0.6) is 0 Å². The Bertz CT molecular complexity index is 1010. The number of rotatable bonds is 4. The Balaban J connectivity index is 0.000000340. The van der Waals surface area contributed by atoms with Gasteiger partial charge in [-0.1, -0.05) is 0 Å². The molecule has 0 aromatic carbocycles. The number of aromatic nitrogens is 2. The number of ether oxygens (including phenoxy) is 1. The second kappa shape index (κ2) is 11.8. The fraction of sp³-hybridized carbons (Fsp3) is 0.435. The van der Waals surface area contributed by atoms with Crippen LogP contribution in [0.2, 0.25) is 0 Å². The third-order valence-electron chi connectivity index (χ3n) is 4.85. The normalized spacial score (nSPS) is 15.5. The number of nitrogens with zero attached hydrogens (tertiary/aromatic N) is 3. The van der Waals surface area contributed by atoms with E-state index in [1.807, 2.05) is 20.8 Å². The summed E-state index contributed by atoms with van der Waals surface area (Å²) in [6.07, 6.45) is 5.37. The topological polar surface area (TPSA) is 174 Å². The van der Waals surface area contributed by atoms with Gasteiger partial charge in [0.15, 0.2) is 11.4 Å². The average molecular weight is 473 g/mol. The van der Waals surface area contributed by atoms with Gasteiger partial charge in [0, 0.05) is 25.5 Å². The van der Waals surface area contributed by atoms with Gasteiger partial charge >= 0.3 is 12.1 Å². The molecule has 11 nitrogen and oxygen atoms in total. The van der Waals surface area contributed by atoms with Crippen molar-refractivity contribution in [3.8, 4) is 0 Å². The maximum absolute atomic E-state index is 12.4. The lowest BCUT2D eigenvalue weighted by Gasteiger charge is -2.36. The summed E-state index contributed by atoms with van der Waals surface area (Å²) >= 11 is 0. The van der Waals surface area contributed by atoms with E-state index in [1.165, 1.54) is 18.5 Å². The number of nitrogens with two attached hydrogens (primary N) is 2. The van der Waals surface area contributed by atoms with Crippen LogP contribution in [0.1, 0.15) is 61.0 Å². The molecule has 2 aromatic rings. The number of hydrogen-bond donors (Lipinski definition) is 4. The van der Waals surface area contributed by atoms with Gasteiger partial charge in [0.1, 0.15) is 5.60 Å². The summed E-state index contributed by atoms with van der Waals surface area (Å²) in [6.45, 7) is 6.52. The van der Waals surface area contributed by atoms with E-state index in [2.05, 4.69) is 15.3 Å². The van der Waals surface area contributed by atoms with Crippen molar-refractivity contribution in [2.75, 3.05) is 24.6 Å². The van der Waals surface area contributed by atoms with E-state index in [4.69, 9.17) is 21.3 Å². The van der Waals surface area contributed by atoms with Crippen LogP contribution < -0.4 is 16.8 Å². The van der Waals surface area contributed by atoms with Gasteiger partial charge in [0.2, 0.25) is 0 Å². The quantitative estimate of drug-likeness (QED) is 0.521. The van der Waals surface area contributed by atoms with E-state index in [0.29, 0.717) is 18.8 Å². The zero-order valence-electron chi connectivity index (χ0n) is 19.7. The van der Waals surface area contributed by atoms with Crippen LogP contribution in [0.4, 0.5) is 16.2 Å². The van der Waals surface area contributed by atoms with E-state index < -0.39 is 11.6 Å². The zero-order chi connectivity index (χ0) is 25.3. The Kier molecular flexibility index (Phi) is 9.17. The van der Waals surface area contributed by atoms with Crippen LogP contribution in [0.25, 0.3) is 0 Å². The fourth-order valence-corrected chi connectivity index (χ4v) is 3.27. The molecule has 0 saturated carbocycles. The van der Waals surface area contributed by atoms with E-state index in [1.54, 1.807) is 23.1 Å². The van der Waals surface area contributed by atoms with Crippen molar-refractivity contribution in [1.29, 1.82) is 0 Å². The number of carbonyl (C=O) groups excluding carboxylic acids is 2. The molecule has 2 aromatic heterocycles. The van der Waals surface area contributed by atoms with Crippen molar-refractivity contribution in [1.82, 2.24) is 20.2 Å². The second-order valence-electron chi connectivity index (χ2n) is 8.72. The van der Waals surface area contributed by atoms with Crippen LogP contribution in [-0.2, 0) is 4.74 Å². The maximum Gasteiger partial charge on any atom is 0.410 e. The molecule has 1 fully saturated rings. The smallest absolute Gasteiger partial charge is 0.410 e. The first kappa shape index (κ1) is 26.4. The molecule has 3 rings (SSSR count). The molecule has 6 N–H and O–H groups in total. The Morgan fingerprint density at radius 1 is 1.09 bits per heavy atom. The fourth-order valence-electron chi connectivity index (χ4n) is 3.27. The molecule has 3 heterocycles. The third kappa shape index (κ3) is 7.91. The Labute approximate surface area is 198 Å². The Morgan fingerprint density at radius 2 is 1.68 bits per heavy atom. The zero-order valence-corrected chi connectivity index (χ0v) is 19.7. The minimum atomic E-state index is -1.10. The van der Waals surface area contributed by atoms with Gasteiger partial charge in [-0.3, -0.25) is 4.79 Å². The van der Waals surface area contributed by atoms with Crippen LogP contribution in [-0.4, -0.2) is 62.7 Å². The van der Waals surface area contributed by atoms with Crippen molar-refractivity contribution in [2.24, 2.45) is 0 Å². The van der Waals surface area contributed by atoms with Crippen molar-refractivity contribution in [3.05, 3.63) is 48.0 Å². The molecule has 0 bridgehead atoms. The second-order valence-corrected chi connectivity index (χ2v) is 8.72. The molecule has 1 saturated heterocycles. The Morgan fingerprint density at radius 3 is 2.18 bits per heavy atom. The average Bonchev–Trinajstić information content (AvgIpc) is 2.77. The molecule has 0 aliphatic carbocycles. The molecule has 2 amide bonds. The highest BCUT2D eigenvalue weighted by atomic mass is 16.6. The number of carbonyl (C=O) groups is 3. The number of anilines is 2. The molecular formula is C23H32N6O5. The molecule has 0 spiro atoms. The standard InChI is InChI=1S/C17H26N4O3.C6H6N2O2/c1-17(2,3)24-16(23)21-10-5-4-7-12(21)11-20-15(22)14-13(18)8-6-9-19-14;7-4-2-1-3-8-5(4)6(9)10/h6,8-9,12H,4-5,7,10-11,18H2,1-3H3,(H,20,22);1-3H,7H2,(H,9,10). The molecule has 1 aliphatic rings. The number of aromatic carboxylic acids is 1. The SMILES string of the molecule is CC(C)(C)OC(=O)N1CCCCC1CNC(=O)c1ncccc1N.Nc1cccnc1C(=O)O. The summed E-state index contributed by atoms with van der Waals surface area (Å²) in [7, 11) is 0. The van der Waals surface area contributed by atoms with Gasteiger partial charge in [-0.15, -0.1) is 0 Å². The van der Waals surface area contributed by atoms with E-state index in [-0.39, 0.29) is 35.1 Å². The molecule has 34 heavy (non-hydrogen) atoms. The summed E-state index contributed by atoms with van der Waals surface area (Å²) < 4.78 is 5.46. The molecule has 1 atom stereocenters. The molecule has 1 unspecified atom stereocenters. The van der Waals surface area contributed by atoms with Crippen molar-refractivity contribution in [2.45, 2.75) is 51.7 Å². The van der Waals surface area contributed by atoms with Gasteiger partial charge < -0.3 is 31.5 Å². The monoisotopic (exact) mass is 472 g/mol. The number of nitrogens with one attached hydrogen (secondary N) is 1. The summed E-state index contributed by atoms with van der Waals surface area (Å²) in [5.74, 6) is -1.43. The van der Waals surface area contributed by atoms with Crippen molar-refractivity contribution in [3.63, 3.8) is 0 Å². The summed E-state index contributed by atoms with van der Waals surface area (Å²) in [4.78, 5) is 44.1. The van der Waals surface area contributed by atoms with Crippen LogP contribution in [0.3, 0.4) is 0 Å². The predicted octanol–water partition coefficient (Wildman–Crippen LogP) is 2.55. The number of amides is 2. The minimum absolute atomic E-state index is 0.0810. The predicted molar refractivity (Wildman–Crippen MR) is 127 cm³/mol. The van der Waals surface area contributed by atoms with Crippen LogP contribution >= 0.6 is 0 Å². The summed E-state index contributed by atoms with van der Waals surface area (Å²) in [5, 5.41) is 11.2. The first-order chi connectivity index (χ1) is 16.0. The molecule has 184 valence electrons. The lowest BCUT2D eigenvalue weighted by Crippen LogP contribution is -2.50. The highest BCUT2D eigenvalue weighted by molar-refractivity contribution is 5.97. The number of likely N-dealkylation sites (tertiary alicyclic amines) is 1. The number of carboxylic acids is 1. The van der Waals surface area contributed by atoms with Gasteiger partial charge in [-0.05, 0) is 64.3 Å². The van der Waals surface area contributed by atoms with Gasteiger partial charge in [-0.2, -0.15) is 0 Å². The van der Waals surface area contributed by atoms with E-state index in [0.717, 1.165) is 19.3 Å². The number of piperidine rings is 1. The van der Waals surface area contributed by atoms with Crippen LogP contribution in [0, 0.1) is 0 Å². The number of carboxylic acid groups (broad SMARTS) is 1. The van der Waals surface area contributed by atoms with Gasteiger partial charge in [-0.25, -0.2) is 19.6 Å². The van der Waals surface area contributed by atoms with Crippen LogP contribution in [0.15, 0.2) is 36.7 Å². The lowest BCUT2D eigenvalue weighted by molar-refractivity contribution is 0.00984. The minimum Gasteiger partial charge on any atom is -0.476 e. The first-order valence-electron chi connectivity index (χ1n) is 10.9. The summed E-state index contributed by atoms with van der Waals surface area (Å²) in [6, 6.07) is 6.31. The molecule has 0 radical (unpaired) electrons. The third-order valence-corrected chi connectivity index (χ3v) is 4.85. The van der Waals surface area contributed by atoms with Crippen molar-refractivity contribution < 1.29 is 24.2 Å². The lowest BCUT2D eigenvalue weighted by atomic mass is 10.0. The number of nitrogen functional groups attached to an aromatic ring is 2. The maximum atomic E-state index is 12.4. The van der Waals surface area contributed by atoms with Crippen molar-refractivity contribution >= 4 is 29.3 Å². The first-order valence-corrected chi connectivity index (χ1v) is 10.9. The number of pyridine rings is 2. The van der Waals surface area contributed by atoms with E-state index in [9.17, 15) is 14.4 Å². The van der Waals surface area contributed by atoms with Gasteiger partial charge in [0.05, 0.1) is 17.4 Å². The molecular weight excluding hydrogens is 440 g/mol. The van der Waals surface area contributed by atoms with Gasteiger partial charge in [0.25, 0.3) is 5.91 Å². The summed E-state index contributed by atoms with van der Waals surface area (Å²) in [5.41, 5.74) is 11.1. The number of hydrogen-bond acceptors (Lipinski definition) is 8. The van der Waals surface area contributed by atoms with E-state index >= 15 is 0 Å².